The Labute approximate surface area is 146 Å². The molecule has 2 aliphatic rings. The molecule has 0 unspecified atom stereocenters. The lowest BCUT2D eigenvalue weighted by molar-refractivity contribution is -0.134. The van der Waals surface area contributed by atoms with Crippen LogP contribution in [0.1, 0.15) is 44.0 Å². The predicted octanol–water partition coefficient (Wildman–Crippen LogP) is 2.47. The molecule has 3 heterocycles. The van der Waals surface area contributed by atoms with Gasteiger partial charge in [0.2, 0.25) is 5.91 Å². The van der Waals surface area contributed by atoms with Crippen LogP contribution in [0, 0.1) is 25.7 Å². The Morgan fingerprint density at radius 1 is 1.12 bits per heavy atom. The van der Waals surface area contributed by atoms with Crippen molar-refractivity contribution in [2.75, 3.05) is 32.7 Å². The first kappa shape index (κ1) is 17.5. The number of hydrogen-bond acceptors (Lipinski definition) is 3. The number of likely N-dealkylation sites (tertiary alicyclic amines) is 2. The third kappa shape index (κ3) is 4.38. The molecule has 5 heteroatoms. The van der Waals surface area contributed by atoms with Crippen molar-refractivity contribution < 1.29 is 4.79 Å². The van der Waals surface area contributed by atoms with Crippen molar-refractivity contribution in [2.24, 2.45) is 11.8 Å². The minimum absolute atomic E-state index is 0.332. The number of hydrogen-bond donors (Lipinski definition) is 0. The van der Waals surface area contributed by atoms with Gasteiger partial charge in [-0.05, 0) is 70.5 Å². The zero-order valence-corrected chi connectivity index (χ0v) is 15.5. The first-order chi connectivity index (χ1) is 11.5. The van der Waals surface area contributed by atoms with Gasteiger partial charge in [-0.1, -0.05) is 6.92 Å². The number of amides is 1. The summed E-state index contributed by atoms with van der Waals surface area (Å²) in [5, 5.41) is 4.58. The Morgan fingerprint density at radius 3 is 2.38 bits per heavy atom. The minimum atomic E-state index is 0.332. The standard InChI is InChI=1S/C19H32N4O/c1-15-4-10-22(11-5-15)19(24)14-21-8-6-18(7-9-21)13-23-17(3)12-16(2)20-23/h12,15,18H,4-11,13-14H2,1-3H3. The second-order valence-electron chi connectivity index (χ2n) is 7.89. The molecule has 0 saturated carbocycles. The third-order valence-electron chi connectivity index (χ3n) is 5.74. The molecule has 0 aliphatic carbocycles. The van der Waals surface area contributed by atoms with Crippen LogP contribution >= 0.6 is 0 Å². The van der Waals surface area contributed by atoms with E-state index >= 15 is 0 Å². The van der Waals surface area contributed by atoms with Gasteiger partial charge in [-0.15, -0.1) is 0 Å². The van der Waals surface area contributed by atoms with Crippen LogP contribution in [-0.4, -0.2) is 58.2 Å². The molecular weight excluding hydrogens is 300 g/mol. The van der Waals surface area contributed by atoms with Gasteiger partial charge in [0.05, 0.1) is 12.2 Å². The molecule has 2 aliphatic heterocycles. The molecular formula is C19H32N4O. The van der Waals surface area contributed by atoms with E-state index in [1.807, 2.05) is 0 Å². The minimum Gasteiger partial charge on any atom is -0.342 e. The van der Waals surface area contributed by atoms with E-state index in [1.54, 1.807) is 0 Å². The lowest BCUT2D eigenvalue weighted by atomic mass is 9.96. The molecule has 0 radical (unpaired) electrons. The van der Waals surface area contributed by atoms with Gasteiger partial charge in [0.25, 0.3) is 0 Å². The summed E-state index contributed by atoms with van der Waals surface area (Å²) in [6, 6.07) is 2.15. The van der Waals surface area contributed by atoms with Crippen molar-refractivity contribution in [1.82, 2.24) is 19.6 Å². The molecule has 0 N–H and O–H groups in total. The Balaban J connectivity index is 1.42. The van der Waals surface area contributed by atoms with Gasteiger partial charge in [-0.25, -0.2) is 0 Å². The van der Waals surface area contributed by atoms with Crippen LogP contribution in [0.15, 0.2) is 6.07 Å². The first-order valence-corrected chi connectivity index (χ1v) is 9.52. The molecule has 5 nitrogen and oxygen atoms in total. The van der Waals surface area contributed by atoms with Crippen molar-refractivity contribution >= 4 is 5.91 Å². The van der Waals surface area contributed by atoms with Crippen LogP contribution < -0.4 is 0 Å². The molecule has 24 heavy (non-hydrogen) atoms. The van der Waals surface area contributed by atoms with E-state index in [9.17, 15) is 4.79 Å². The molecule has 1 aromatic heterocycles. The number of rotatable bonds is 4. The van der Waals surface area contributed by atoms with Crippen molar-refractivity contribution in [3.63, 3.8) is 0 Å². The lowest BCUT2D eigenvalue weighted by Gasteiger charge is -2.35. The Hall–Kier alpha value is -1.36. The van der Waals surface area contributed by atoms with Crippen LogP contribution in [0.25, 0.3) is 0 Å². The molecule has 0 atom stereocenters. The SMILES string of the molecule is Cc1cc(C)n(CC2CCN(CC(=O)N3CCC(C)CC3)CC2)n1. The molecule has 1 aromatic rings. The number of carbonyl (C=O) groups excluding carboxylic acids is 1. The molecule has 1 amide bonds. The van der Waals surface area contributed by atoms with Gasteiger partial charge in [0.1, 0.15) is 0 Å². The van der Waals surface area contributed by atoms with Gasteiger partial charge in [0.15, 0.2) is 0 Å². The van der Waals surface area contributed by atoms with E-state index in [4.69, 9.17) is 0 Å². The van der Waals surface area contributed by atoms with Gasteiger partial charge in [0, 0.05) is 25.3 Å². The zero-order chi connectivity index (χ0) is 17.1. The summed E-state index contributed by atoms with van der Waals surface area (Å²) < 4.78 is 2.15. The molecule has 2 fully saturated rings. The molecule has 3 rings (SSSR count). The highest BCUT2D eigenvalue weighted by atomic mass is 16.2. The van der Waals surface area contributed by atoms with Crippen molar-refractivity contribution in [3.05, 3.63) is 17.5 Å². The fourth-order valence-electron chi connectivity index (χ4n) is 3.98. The quantitative estimate of drug-likeness (QED) is 0.850. The number of aryl methyl sites for hydroxylation is 2. The lowest BCUT2D eigenvalue weighted by Crippen LogP contribution is -2.46. The monoisotopic (exact) mass is 332 g/mol. The fourth-order valence-corrected chi connectivity index (χ4v) is 3.98. The maximum Gasteiger partial charge on any atom is 0.236 e. The summed E-state index contributed by atoms with van der Waals surface area (Å²) in [4.78, 5) is 16.9. The average Bonchev–Trinajstić information content (AvgIpc) is 2.87. The van der Waals surface area contributed by atoms with Gasteiger partial charge in [-0.3, -0.25) is 14.4 Å². The van der Waals surface area contributed by atoms with Crippen molar-refractivity contribution in [2.45, 2.75) is 53.0 Å². The van der Waals surface area contributed by atoms with E-state index in [1.165, 1.54) is 18.5 Å². The maximum atomic E-state index is 12.5. The molecule has 134 valence electrons. The number of piperidine rings is 2. The summed E-state index contributed by atoms with van der Waals surface area (Å²) in [5.74, 6) is 1.79. The van der Waals surface area contributed by atoms with E-state index in [0.29, 0.717) is 18.4 Å². The second kappa shape index (κ2) is 7.68. The Morgan fingerprint density at radius 2 is 1.79 bits per heavy atom. The topological polar surface area (TPSA) is 41.4 Å². The number of carbonyl (C=O) groups is 1. The predicted molar refractivity (Wildman–Crippen MR) is 95.8 cm³/mol. The summed E-state index contributed by atoms with van der Waals surface area (Å²) in [7, 11) is 0. The normalized spacial score (nSPS) is 21.4. The molecule has 0 aromatic carbocycles. The summed E-state index contributed by atoms with van der Waals surface area (Å²) >= 11 is 0. The Bertz CT molecular complexity index is 552. The average molecular weight is 332 g/mol. The third-order valence-corrected chi connectivity index (χ3v) is 5.74. The van der Waals surface area contributed by atoms with Crippen LogP contribution in [0.5, 0.6) is 0 Å². The van der Waals surface area contributed by atoms with E-state index < -0.39 is 0 Å². The summed E-state index contributed by atoms with van der Waals surface area (Å²) in [6.07, 6.45) is 4.66. The van der Waals surface area contributed by atoms with Crippen LogP contribution in [-0.2, 0) is 11.3 Å². The van der Waals surface area contributed by atoms with Gasteiger partial charge < -0.3 is 4.90 Å². The summed E-state index contributed by atoms with van der Waals surface area (Å²) in [5.41, 5.74) is 2.36. The van der Waals surface area contributed by atoms with E-state index in [-0.39, 0.29) is 0 Å². The van der Waals surface area contributed by atoms with Crippen LogP contribution in [0.4, 0.5) is 0 Å². The highest BCUT2D eigenvalue weighted by Crippen LogP contribution is 2.21. The van der Waals surface area contributed by atoms with E-state index in [0.717, 1.165) is 57.2 Å². The number of aromatic nitrogens is 2. The van der Waals surface area contributed by atoms with Gasteiger partial charge in [-0.2, -0.15) is 5.10 Å². The molecule has 2 saturated heterocycles. The molecule has 0 spiro atoms. The van der Waals surface area contributed by atoms with Crippen molar-refractivity contribution in [3.8, 4) is 0 Å². The second-order valence-corrected chi connectivity index (χ2v) is 7.89. The van der Waals surface area contributed by atoms with Crippen LogP contribution in [0.3, 0.4) is 0 Å². The highest BCUT2D eigenvalue weighted by molar-refractivity contribution is 5.78. The highest BCUT2D eigenvalue weighted by Gasteiger charge is 2.25. The molecule has 0 bridgehead atoms. The zero-order valence-electron chi connectivity index (χ0n) is 15.5. The van der Waals surface area contributed by atoms with Gasteiger partial charge >= 0.3 is 0 Å². The van der Waals surface area contributed by atoms with Crippen LogP contribution in [0.2, 0.25) is 0 Å². The fraction of sp³-hybridized carbons (Fsp3) is 0.789. The first-order valence-electron chi connectivity index (χ1n) is 9.52. The maximum absolute atomic E-state index is 12.5. The van der Waals surface area contributed by atoms with Crippen molar-refractivity contribution in [1.29, 1.82) is 0 Å². The summed E-state index contributed by atoms with van der Waals surface area (Å²) in [6.45, 7) is 12.1. The Kier molecular flexibility index (Phi) is 5.59. The largest absolute Gasteiger partial charge is 0.342 e. The van der Waals surface area contributed by atoms with E-state index in [2.05, 4.69) is 46.4 Å². The smallest absolute Gasteiger partial charge is 0.236 e. The number of nitrogens with zero attached hydrogens (tertiary/aromatic N) is 4.